The number of carbonyl (C=O) groups is 1. The first kappa shape index (κ1) is 12.8. The summed E-state index contributed by atoms with van der Waals surface area (Å²) in [6, 6.07) is 0.583. The minimum Gasteiger partial charge on any atom is -0.467 e. The topological polar surface area (TPSA) is 70.0 Å². The van der Waals surface area contributed by atoms with E-state index in [0.717, 1.165) is 25.7 Å². The van der Waals surface area contributed by atoms with Gasteiger partial charge in [0.1, 0.15) is 0 Å². The predicted octanol–water partition coefficient (Wildman–Crippen LogP) is -0.102. The van der Waals surface area contributed by atoms with Crippen molar-refractivity contribution in [2.75, 3.05) is 13.7 Å². The van der Waals surface area contributed by atoms with Crippen LogP contribution >= 0.6 is 0 Å². The Kier molecular flexibility index (Phi) is 3.43. The average molecular weight is 243 g/mol. The number of nitrogens with zero attached hydrogens (tertiary/aromatic N) is 1. The SMILES string of the molecule is COC(=O)C(C)(O)CN1C2CCC1CC(O)C2. The van der Waals surface area contributed by atoms with E-state index in [0.29, 0.717) is 18.6 Å². The summed E-state index contributed by atoms with van der Waals surface area (Å²) < 4.78 is 4.60. The molecule has 98 valence electrons. The molecular weight excluding hydrogens is 222 g/mol. The zero-order chi connectivity index (χ0) is 12.6. The Morgan fingerprint density at radius 3 is 2.41 bits per heavy atom. The van der Waals surface area contributed by atoms with Gasteiger partial charge in [0.2, 0.25) is 0 Å². The van der Waals surface area contributed by atoms with Crippen LogP contribution in [0.4, 0.5) is 0 Å². The van der Waals surface area contributed by atoms with Crippen LogP contribution in [0.3, 0.4) is 0 Å². The van der Waals surface area contributed by atoms with Gasteiger partial charge in [-0.1, -0.05) is 0 Å². The molecule has 2 bridgehead atoms. The maximum absolute atomic E-state index is 11.5. The van der Waals surface area contributed by atoms with Crippen LogP contribution in [0, 0.1) is 0 Å². The average Bonchev–Trinajstić information content (AvgIpc) is 2.51. The molecule has 0 aromatic heterocycles. The fraction of sp³-hybridized carbons (Fsp3) is 0.917. The van der Waals surface area contributed by atoms with Gasteiger partial charge < -0.3 is 14.9 Å². The van der Waals surface area contributed by atoms with E-state index in [1.807, 2.05) is 0 Å². The molecule has 0 radical (unpaired) electrons. The Hall–Kier alpha value is -0.650. The van der Waals surface area contributed by atoms with E-state index in [1.165, 1.54) is 14.0 Å². The summed E-state index contributed by atoms with van der Waals surface area (Å²) in [5.41, 5.74) is -1.46. The summed E-state index contributed by atoms with van der Waals surface area (Å²) >= 11 is 0. The highest BCUT2D eigenvalue weighted by Crippen LogP contribution is 2.36. The van der Waals surface area contributed by atoms with Crippen molar-refractivity contribution in [1.29, 1.82) is 0 Å². The molecule has 17 heavy (non-hydrogen) atoms. The summed E-state index contributed by atoms with van der Waals surface area (Å²) in [5, 5.41) is 19.8. The quantitative estimate of drug-likeness (QED) is 0.677. The number of hydrogen-bond donors (Lipinski definition) is 2. The summed E-state index contributed by atoms with van der Waals surface area (Å²) in [5.74, 6) is -0.594. The third kappa shape index (κ3) is 2.46. The summed E-state index contributed by atoms with van der Waals surface area (Å²) in [6.07, 6.45) is 3.34. The van der Waals surface area contributed by atoms with Gasteiger partial charge in [0.15, 0.2) is 5.60 Å². The number of hydrogen-bond acceptors (Lipinski definition) is 5. The first-order chi connectivity index (χ1) is 7.94. The summed E-state index contributed by atoms with van der Waals surface area (Å²) in [7, 11) is 1.28. The molecule has 2 saturated heterocycles. The maximum atomic E-state index is 11.5. The first-order valence-corrected chi connectivity index (χ1v) is 6.18. The molecule has 0 aromatic carbocycles. The number of aliphatic hydroxyl groups is 2. The van der Waals surface area contributed by atoms with Crippen molar-refractivity contribution >= 4 is 5.97 Å². The van der Waals surface area contributed by atoms with Crippen LogP contribution in [0.5, 0.6) is 0 Å². The van der Waals surface area contributed by atoms with E-state index in [-0.39, 0.29) is 6.10 Å². The molecule has 5 nitrogen and oxygen atoms in total. The van der Waals surface area contributed by atoms with Crippen LogP contribution in [0.2, 0.25) is 0 Å². The molecule has 0 amide bonds. The van der Waals surface area contributed by atoms with Gasteiger partial charge in [-0.15, -0.1) is 0 Å². The molecule has 2 rings (SSSR count). The van der Waals surface area contributed by atoms with Gasteiger partial charge in [-0.25, -0.2) is 4.79 Å². The first-order valence-electron chi connectivity index (χ1n) is 6.18. The number of methoxy groups -OCH3 is 1. The Morgan fingerprint density at radius 1 is 1.41 bits per heavy atom. The van der Waals surface area contributed by atoms with E-state index < -0.39 is 11.6 Å². The van der Waals surface area contributed by atoms with Gasteiger partial charge in [0.25, 0.3) is 0 Å². The lowest BCUT2D eigenvalue weighted by Crippen LogP contribution is -2.54. The van der Waals surface area contributed by atoms with E-state index >= 15 is 0 Å². The van der Waals surface area contributed by atoms with E-state index in [2.05, 4.69) is 9.64 Å². The van der Waals surface area contributed by atoms with Crippen molar-refractivity contribution in [3.8, 4) is 0 Å². The second-order valence-corrected chi connectivity index (χ2v) is 5.45. The van der Waals surface area contributed by atoms with Crippen molar-refractivity contribution in [3.05, 3.63) is 0 Å². The van der Waals surface area contributed by atoms with Crippen LogP contribution in [0.25, 0.3) is 0 Å². The molecule has 2 aliphatic heterocycles. The van der Waals surface area contributed by atoms with Crippen molar-refractivity contribution in [3.63, 3.8) is 0 Å². The zero-order valence-electron chi connectivity index (χ0n) is 10.4. The minimum atomic E-state index is -1.46. The van der Waals surface area contributed by atoms with Crippen LogP contribution in [-0.2, 0) is 9.53 Å². The molecule has 0 spiro atoms. The van der Waals surface area contributed by atoms with E-state index in [1.54, 1.807) is 0 Å². The largest absolute Gasteiger partial charge is 0.467 e. The van der Waals surface area contributed by atoms with Gasteiger partial charge >= 0.3 is 5.97 Å². The lowest BCUT2D eigenvalue weighted by atomic mass is 9.97. The highest BCUT2D eigenvalue weighted by atomic mass is 16.5. The van der Waals surface area contributed by atoms with Gasteiger partial charge in [-0.05, 0) is 32.6 Å². The number of esters is 1. The fourth-order valence-electron chi connectivity index (χ4n) is 3.14. The number of ether oxygens (including phenoxy) is 1. The standard InChI is InChI=1S/C12H21NO4/c1-12(16,11(15)17-2)7-13-8-3-4-9(13)6-10(14)5-8/h8-10,14,16H,3-7H2,1-2H3. The van der Waals surface area contributed by atoms with Crippen LogP contribution in [-0.4, -0.2) is 58.5 Å². The van der Waals surface area contributed by atoms with Gasteiger partial charge in [0.05, 0.1) is 13.2 Å². The molecule has 5 heteroatoms. The number of piperidine rings is 1. The molecular formula is C12H21NO4. The van der Waals surface area contributed by atoms with Gasteiger partial charge in [-0.3, -0.25) is 4.90 Å². The van der Waals surface area contributed by atoms with Crippen molar-refractivity contribution in [2.45, 2.75) is 56.4 Å². The number of rotatable bonds is 3. The zero-order valence-corrected chi connectivity index (χ0v) is 10.4. The fourth-order valence-corrected chi connectivity index (χ4v) is 3.14. The normalized spacial score (nSPS) is 36.6. The Labute approximate surface area is 101 Å². The second-order valence-electron chi connectivity index (χ2n) is 5.45. The molecule has 0 aromatic rings. The molecule has 0 aliphatic carbocycles. The smallest absolute Gasteiger partial charge is 0.338 e. The van der Waals surface area contributed by atoms with Crippen LogP contribution in [0.15, 0.2) is 0 Å². The van der Waals surface area contributed by atoms with Gasteiger partial charge in [0, 0.05) is 18.6 Å². The highest BCUT2D eigenvalue weighted by Gasteiger charge is 2.44. The molecule has 2 aliphatic rings. The van der Waals surface area contributed by atoms with E-state index in [4.69, 9.17) is 0 Å². The number of fused-ring (bicyclic) bond motifs is 2. The number of carbonyl (C=O) groups excluding carboxylic acids is 1. The lowest BCUT2D eigenvalue weighted by molar-refractivity contribution is -0.163. The molecule has 0 saturated carbocycles. The monoisotopic (exact) mass is 243 g/mol. The van der Waals surface area contributed by atoms with Crippen LogP contribution in [0.1, 0.15) is 32.6 Å². The second kappa shape index (κ2) is 4.55. The van der Waals surface area contributed by atoms with Crippen molar-refractivity contribution in [1.82, 2.24) is 4.90 Å². The summed E-state index contributed by atoms with van der Waals surface area (Å²) in [6.45, 7) is 1.78. The Balaban J connectivity index is 2.03. The number of aliphatic hydroxyl groups excluding tert-OH is 1. The molecule has 3 atom stereocenters. The lowest BCUT2D eigenvalue weighted by Gasteiger charge is -2.40. The minimum absolute atomic E-state index is 0.230. The molecule has 2 heterocycles. The Morgan fingerprint density at radius 2 is 1.94 bits per heavy atom. The highest BCUT2D eigenvalue weighted by molar-refractivity contribution is 5.78. The molecule has 2 N–H and O–H groups in total. The molecule has 3 unspecified atom stereocenters. The van der Waals surface area contributed by atoms with E-state index in [9.17, 15) is 15.0 Å². The third-order valence-electron chi connectivity index (χ3n) is 3.98. The van der Waals surface area contributed by atoms with Gasteiger partial charge in [-0.2, -0.15) is 0 Å². The van der Waals surface area contributed by atoms with Crippen LogP contribution < -0.4 is 0 Å². The maximum Gasteiger partial charge on any atom is 0.338 e. The predicted molar refractivity (Wildman–Crippen MR) is 61.4 cm³/mol. The van der Waals surface area contributed by atoms with Crippen molar-refractivity contribution < 1.29 is 19.7 Å². The van der Waals surface area contributed by atoms with Crippen molar-refractivity contribution in [2.24, 2.45) is 0 Å². The third-order valence-corrected chi connectivity index (χ3v) is 3.98. The summed E-state index contributed by atoms with van der Waals surface area (Å²) in [4.78, 5) is 13.6. The molecule has 2 fully saturated rings. The Bertz CT molecular complexity index is 291.